The normalized spacial score (nSPS) is 13.3. The van der Waals surface area contributed by atoms with Crippen molar-refractivity contribution in [2.24, 2.45) is 0 Å². The molecule has 0 spiro atoms. The molecule has 2 aromatic heterocycles. The monoisotopic (exact) mass is 309 g/mol. The molecule has 1 atom stereocenters. The zero-order chi connectivity index (χ0) is 16.6. The number of nitrogens with zero attached hydrogens (tertiary/aromatic N) is 4. The highest BCUT2D eigenvalue weighted by atomic mass is 15.4. The molecule has 2 heterocycles. The van der Waals surface area contributed by atoms with Gasteiger partial charge in [0, 0.05) is 5.41 Å². The molecule has 0 saturated heterocycles. The molecular weight excluding hydrogens is 286 g/mol. The maximum atomic E-state index is 4.68. The molecule has 120 valence electrons. The smallest absolute Gasteiger partial charge is 0.178 e. The fourth-order valence-corrected chi connectivity index (χ4v) is 2.71. The van der Waals surface area contributed by atoms with Crippen molar-refractivity contribution in [3.63, 3.8) is 0 Å². The number of aromatic nitrogens is 4. The molecule has 1 N–H and O–H groups in total. The maximum Gasteiger partial charge on any atom is 0.178 e. The first kappa shape index (κ1) is 15.5. The molecule has 0 amide bonds. The Morgan fingerprint density at radius 2 is 1.78 bits per heavy atom. The van der Waals surface area contributed by atoms with Crippen molar-refractivity contribution in [1.82, 2.24) is 19.8 Å². The van der Waals surface area contributed by atoms with E-state index in [-0.39, 0.29) is 11.5 Å². The molecule has 3 aromatic rings. The fourth-order valence-electron chi connectivity index (χ4n) is 2.71. The van der Waals surface area contributed by atoms with E-state index < -0.39 is 0 Å². The lowest BCUT2D eigenvalue weighted by Crippen LogP contribution is -2.18. The average molecular weight is 309 g/mol. The van der Waals surface area contributed by atoms with Crippen LogP contribution in [-0.2, 0) is 5.41 Å². The lowest BCUT2D eigenvalue weighted by molar-refractivity contribution is 0.527. The van der Waals surface area contributed by atoms with E-state index in [2.05, 4.69) is 79.5 Å². The Morgan fingerprint density at radius 3 is 2.48 bits per heavy atom. The van der Waals surface area contributed by atoms with Gasteiger partial charge in [0.05, 0.1) is 6.04 Å². The first-order chi connectivity index (χ1) is 10.9. The van der Waals surface area contributed by atoms with E-state index in [1.165, 1.54) is 11.1 Å². The van der Waals surface area contributed by atoms with Crippen molar-refractivity contribution in [3.05, 3.63) is 53.3 Å². The minimum absolute atomic E-state index is 0.104. The highest BCUT2D eigenvalue weighted by Crippen LogP contribution is 2.23. The Balaban J connectivity index is 1.93. The van der Waals surface area contributed by atoms with Crippen LogP contribution in [0, 0.1) is 6.92 Å². The number of nitrogens with one attached hydrogen (secondary N) is 1. The number of anilines is 1. The topological polar surface area (TPSA) is 55.1 Å². The second kappa shape index (κ2) is 5.65. The summed E-state index contributed by atoms with van der Waals surface area (Å²) < 4.78 is 1.83. The van der Waals surface area contributed by atoms with Crippen LogP contribution in [0.4, 0.5) is 5.82 Å². The molecule has 1 aromatic carbocycles. The Labute approximate surface area is 136 Å². The SMILES string of the molecule is Cc1ccccc1C(C)Nc1ccc2nnc(C(C)(C)C)n2n1. The molecule has 1 unspecified atom stereocenters. The van der Waals surface area contributed by atoms with Crippen molar-refractivity contribution in [1.29, 1.82) is 0 Å². The number of hydrogen-bond acceptors (Lipinski definition) is 4. The van der Waals surface area contributed by atoms with E-state index in [0.717, 1.165) is 17.3 Å². The van der Waals surface area contributed by atoms with Crippen molar-refractivity contribution in [3.8, 4) is 0 Å². The third-order valence-electron chi connectivity index (χ3n) is 3.95. The average Bonchev–Trinajstić information content (AvgIpc) is 2.90. The van der Waals surface area contributed by atoms with Crippen LogP contribution in [0.1, 0.15) is 50.7 Å². The lowest BCUT2D eigenvalue weighted by Gasteiger charge is -2.18. The van der Waals surface area contributed by atoms with Crippen LogP contribution >= 0.6 is 0 Å². The van der Waals surface area contributed by atoms with Crippen LogP contribution in [0.25, 0.3) is 5.65 Å². The molecule has 5 nitrogen and oxygen atoms in total. The third kappa shape index (κ3) is 3.04. The van der Waals surface area contributed by atoms with E-state index in [1.807, 2.05) is 16.6 Å². The van der Waals surface area contributed by atoms with E-state index >= 15 is 0 Å². The zero-order valence-corrected chi connectivity index (χ0v) is 14.3. The molecule has 0 saturated carbocycles. The van der Waals surface area contributed by atoms with Gasteiger partial charge in [-0.1, -0.05) is 45.0 Å². The molecule has 0 aliphatic carbocycles. The first-order valence-electron chi connectivity index (χ1n) is 7.91. The van der Waals surface area contributed by atoms with Gasteiger partial charge < -0.3 is 5.32 Å². The highest BCUT2D eigenvalue weighted by molar-refractivity contribution is 5.46. The van der Waals surface area contributed by atoms with Gasteiger partial charge in [-0.15, -0.1) is 15.3 Å². The summed E-state index contributed by atoms with van der Waals surface area (Å²) in [5.74, 6) is 1.68. The number of hydrogen-bond donors (Lipinski definition) is 1. The van der Waals surface area contributed by atoms with Gasteiger partial charge in [-0.05, 0) is 37.1 Å². The second-order valence-corrected chi connectivity index (χ2v) is 6.98. The summed E-state index contributed by atoms with van der Waals surface area (Å²) in [6, 6.07) is 12.5. The van der Waals surface area contributed by atoms with Crippen LogP contribution in [0.3, 0.4) is 0 Å². The number of aryl methyl sites for hydroxylation is 1. The first-order valence-corrected chi connectivity index (χ1v) is 7.91. The molecule has 3 rings (SSSR count). The Kier molecular flexibility index (Phi) is 3.80. The number of benzene rings is 1. The second-order valence-electron chi connectivity index (χ2n) is 6.98. The largest absolute Gasteiger partial charge is 0.362 e. The fraction of sp³-hybridized carbons (Fsp3) is 0.389. The van der Waals surface area contributed by atoms with Gasteiger partial charge in [0.25, 0.3) is 0 Å². The van der Waals surface area contributed by atoms with Crippen LogP contribution in [-0.4, -0.2) is 19.8 Å². The van der Waals surface area contributed by atoms with Gasteiger partial charge in [0.1, 0.15) is 5.82 Å². The molecule has 0 aliphatic rings. The summed E-state index contributed by atoms with van der Waals surface area (Å²) >= 11 is 0. The Morgan fingerprint density at radius 1 is 1.04 bits per heavy atom. The van der Waals surface area contributed by atoms with Crippen molar-refractivity contribution < 1.29 is 0 Å². The van der Waals surface area contributed by atoms with Crippen LogP contribution in [0.15, 0.2) is 36.4 Å². The minimum atomic E-state index is -0.104. The van der Waals surface area contributed by atoms with Crippen LogP contribution in [0.2, 0.25) is 0 Å². The standard InChI is InChI=1S/C18H23N5/c1-12-8-6-7-9-14(12)13(2)19-15-10-11-16-20-21-17(18(3,4)5)23(16)22-15/h6-11,13H,1-5H3,(H,19,22). The van der Waals surface area contributed by atoms with E-state index in [0.29, 0.717) is 0 Å². The Bertz CT molecular complexity index is 829. The summed E-state index contributed by atoms with van der Waals surface area (Å²) in [6.45, 7) is 10.6. The molecule has 5 heteroatoms. The highest BCUT2D eigenvalue weighted by Gasteiger charge is 2.22. The molecule has 0 bridgehead atoms. The van der Waals surface area contributed by atoms with Crippen molar-refractivity contribution in [2.75, 3.05) is 5.32 Å². The predicted molar refractivity (Wildman–Crippen MR) is 92.7 cm³/mol. The minimum Gasteiger partial charge on any atom is -0.362 e. The van der Waals surface area contributed by atoms with E-state index in [4.69, 9.17) is 0 Å². The summed E-state index contributed by atoms with van der Waals surface area (Å²) in [5.41, 5.74) is 3.21. The molecule has 0 aliphatic heterocycles. The van der Waals surface area contributed by atoms with Gasteiger partial charge in [-0.3, -0.25) is 0 Å². The number of rotatable bonds is 3. The van der Waals surface area contributed by atoms with Crippen molar-refractivity contribution in [2.45, 2.75) is 46.1 Å². The van der Waals surface area contributed by atoms with E-state index in [9.17, 15) is 0 Å². The number of fused-ring (bicyclic) bond motifs is 1. The van der Waals surface area contributed by atoms with Crippen LogP contribution in [0.5, 0.6) is 0 Å². The molecule has 0 fully saturated rings. The molecule has 23 heavy (non-hydrogen) atoms. The van der Waals surface area contributed by atoms with Gasteiger partial charge in [-0.25, -0.2) is 0 Å². The zero-order valence-electron chi connectivity index (χ0n) is 14.3. The summed E-state index contributed by atoms with van der Waals surface area (Å²) in [7, 11) is 0. The van der Waals surface area contributed by atoms with Gasteiger partial charge >= 0.3 is 0 Å². The molecular formula is C18H23N5. The Hall–Kier alpha value is -2.43. The van der Waals surface area contributed by atoms with Crippen LogP contribution < -0.4 is 5.32 Å². The third-order valence-corrected chi connectivity index (χ3v) is 3.95. The lowest BCUT2D eigenvalue weighted by atomic mass is 9.96. The van der Waals surface area contributed by atoms with Gasteiger partial charge in [0.15, 0.2) is 11.5 Å². The van der Waals surface area contributed by atoms with Gasteiger partial charge in [0.2, 0.25) is 0 Å². The maximum absolute atomic E-state index is 4.68. The predicted octanol–water partition coefficient (Wildman–Crippen LogP) is 3.90. The summed E-state index contributed by atoms with van der Waals surface area (Å²) in [5, 5.41) is 16.6. The van der Waals surface area contributed by atoms with Crippen molar-refractivity contribution >= 4 is 11.5 Å². The van der Waals surface area contributed by atoms with Gasteiger partial charge in [-0.2, -0.15) is 4.52 Å². The molecule has 0 radical (unpaired) electrons. The quantitative estimate of drug-likeness (QED) is 0.797. The van der Waals surface area contributed by atoms with E-state index in [1.54, 1.807) is 0 Å². The summed E-state index contributed by atoms with van der Waals surface area (Å²) in [4.78, 5) is 0. The summed E-state index contributed by atoms with van der Waals surface area (Å²) in [6.07, 6.45) is 0.